The third-order valence-corrected chi connectivity index (χ3v) is 3.74. The van der Waals surface area contributed by atoms with E-state index in [1.165, 1.54) is 0 Å². The van der Waals surface area contributed by atoms with E-state index in [1.807, 2.05) is 6.92 Å². The van der Waals surface area contributed by atoms with Crippen molar-refractivity contribution in [3.8, 4) is 23.2 Å². The third-order valence-electron chi connectivity index (χ3n) is 3.46. The first-order valence-electron chi connectivity index (χ1n) is 7.27. The highest BCUT2D eigenvalue weighted by molar-refractivity contribution is 6.32. The van der Waals surface area contributed by atoms with Gasteiger partial charge >= 0.3 is 0 Å². The first-order chi connectivity index (χ1) is 11.7. The van der Waals surface area contributed by atoms with Gasteiger partial charge in [-0.25, -0.2) is 4.98 Å². The SMILES string of the molecule is CCn1ncc(Cl)c1-c1nc(Cc2cnc(OC)cc2OC)no1. The topological polar surface area (TPSA) is 88.1 Å². The molecule has 0 spiro atoms. The number of nitrogens with zero attached hydrogens (tertiary/aromatic N) is 5. The van der Waals surface area contributed by atoms with Gasteiger partial charge in [-0.3, -0.25) is 4.68 Å². The van der Waals surface area contributed by atoms with Crippen LogP contribution in [0, 0.1) is 0 Å². The van der Waals surface area contributed by atoms with Crippen molar-refractivity contribution >= 4 is 11.6 Å². The van der Waals surface area contributed by atoms with Gasteiger partial charge in [0.1, 0.15) is 11.4 Å². The van der Waals surface area contributed by atoms with Crippen molar-refractivity contribution < 1.29 is 14.0 Å². The molecule has 8 nitrogen and oxygen atoms in total. The maximum atomic E-state index is 6.15. The summed E-state index contributed by atoms with van der Waals surface area (Å²) >= 11 is 6.15. The second-order valence-electron chi connectivity index (χ2n) is 4.89. The Labute approximate surface area is 143 Å². The van der Waals surface area contributed by atoms with Crippen LogP contribution < -0.4 is 9.47 Å². The number of ether oxygens (including phenoxy) is 2. The summed E-state index contributed by atoms with van der Waals surface area (Å²) in [6, 6.07) is 1.71. The second kappa shape index (κ2) is 6.88. The van der Waals surface area contributed by atoms with E-state index in [-0.39, 0.29) is 0 Å². The van der Waals surface area contributed by atoms with Gasteiger partial charge in [0.15, 0.2) is 5.82 Å². The molecule has 3 rings (SSSR count). The average molecular weight is 350 g/mol. The first-order valence-corrected chi connectivity index (χ1v) is 7.65. The van der Waals surface area contributed by atoms with Crippen LogP contribution in [0.15, 0.2) is 23.0 Å². The molecule has 0 aromatic carbocycles. The van der Waals surface area contributed by atoms with E-state index >= 15 is 0 Å². The number of aryl methyl sites for hydroxylation is 1. The van der Waals surface area contributed by atoms with Gasteiger partial charge in [-0.2, -0.15) is 10.1 Å². The predicted octanol–water partition coefficient (Wildman–Crippen LogP) is 2.61. The molecule has 9 heteroatoms. The third kappa shape index (κ3) is 3.05. The Hall–Kier alpha value is -2.61. The summed E-state index contributed by atoms with van der Waals surface area (Å²) in [5, 5.41) is 8.63. The standard InChI is InChI=1S/C15H16ClN5O3/c1-4-21-14(10(16)8-18-21)15-19-12(20-24-15)5-9-7-17-13(23-3)6-11(9)22-2/h6-8H,4-5H2,1-3H3. The minimum Gasteiger partial charge on any atom is -0.496 e. The minimum atomic E-state index is 0.329. The molecule has 0 aliphatic rings. The van der Waals surface area contributed by atoms with Gasteiger partial charge in [0.2, 0.25) is 5.88 Å². The lowest BCUT2D eigenvalue weighted by Gasteiger charge is -2.07. The number of halogens is 1. The molecule has 0 atom stereocenters. The Morgan fingerprint density at radius 3 is 2.79 bits per heavy atom. The maximum absolute atomic E-state index is 6.15. The molecule has 0 saturated heterocycles. The molecular formula is C15H16ClN5O3. The van der Waals surface area contributed by atoms with Gasteiger partial charge in [-0.1, -0.05) is 16.8 Å². The number of hydrogen-bond acceptors (Lipinski definition) is 7. The van der Waals surface area contributed by atoms with Crippen molar-refractivity contribution in [3.05, 3.63) is 34.9 Å². The molecule has 3 heterocycles. The highest BCUT2D eigenvalue weighted by Crippen LogP contribution is 2.28. The molecule has 0 radical (unpaired) electrons. The van der Waals surface area contributed by atoms with Gasteiger partial charge in [0.25, 0.3) is 5.89 Å². The lowest BCUT2D eigenvalue weighted by Crippen LogP contribution is -2.00. The van der Waals surface area contributed by atoms with Crippen LogP contribution in [0.3, 0.4) is 0 Å². The summed E-state index contributed by atoms with van der Waals surface area (Å²) in [7, 11) is 3.13. The van der Waals surface area contributed by atoms with E-state index in [0.29, 0.717) is 47.0 Å². The zero-order valence-corrected chi connectivity index (χ0v) is 14.2. The van der Waals surface area contributed by atoms with Gasteiger partial charge in [-0.15, -0.1) is 0 Å². The summed E-state index contributed by atoms with van der Waals surface area (Å²) in [5.41, 5.74) is 1.43. The second-order valence-corrected chi connectivity index (χ2v) is 5.30. The van der Waals surface area contributed by atoms with Crippen LogP contribution in [0.1, 0.15) is 18.3 Å². The Bertz CT molecular complexity index is 846. The van der Waals surface area contributed by atoms with Crippen LogP contribution in [0.4, 0.5) is 0 Å². The number of pyridine rings is 1. The first kappa shape index (κ1) is 16.3. The Morgan fingerprint density at radius 1 is 1.25 bits per heavy atom. The molecule has 0 saturated carbocycles. The van der Waals surface area contributed by atoms with Crippen molar-refractivity contribution in [1.82, 2.24) is 24.9 Å². The van der Waals surface area contributed by atoms with Crippen LogP contribution in [-0.2, 0) is 13.0 Å². The molecule has 24 heavy (non-hydrogen) atoms. The predicted molar refractivity (Wildman–Crippen MR) is 86.4 cm³/mol. The Kier molecular flexibility index (Phi) is 4.66. The van der Waals surface area contributed by atoms with Crippen molar-refractivity contribution in [2.24, 2.45) is 0 Å². The Balaban J connectivity index is 1.88. The van der Waals surface area contributed by atoms with Crippen LogP contribution >= 0.6 is 11.6 Å². The molecule has 0 unspecified atom stereocenters. The van der Waals surface area contributed by atoms with E-state index in [9.17, 15) is 0 Å². The fourth-order valence-electron chi connectivity index (χ4n) is 2.29. The van der Waals surface area contributed by atoms with E-state index < -0.39 is 0 Å². The number of hydrogen-bond donors (Lipinski definition) is 0. The van der Waals surface area contributed by atoms with E-state index in [1.54, 1.807) is 37.4 Å². The smallest absolute Gasteiger partial charge is 0.277 e. The lowest BCUT2D eigenvalue weighted by molar-refractivity contribution is 0.379. The molecule has 3 aromatic rings. The van der Waals surface area contributed by atoms with Crippen molar-refractivity contribution in [3.63, 3.8) is 0 Å². The minimum absolute atomic E-state index is 0.329. The Morgan fingerprint density at radius 2 is 2.08 bits per heavy atom. The van der Waals surface area contributed by atoms with Crippen LogP contribution in [0.5, 0.6) is 11.6 Å². The van der Waals surface area contributed by atoms with Crippen LogP contribution in [0.25, 0.3) is 11.6 Å². The van der Waals surface area contributed by atoms with Gasteiger partial charge in [0.05, 0.1) is 25.4 Å². The summed E-state index contributed by atoms with van der Waals surface area (Å²) in [5.74, 6) is 1.94. The molecule has 0 fully saturated rings. The highest BCUT2D eigenvalue weighted by atomic mass is 35.5. The molecule has 3 aromatic heterocycles. The fourth-order valence-corrected chi connectivity index (χ4v) is 2.51. The molecule has 126 valence electrons. The summed E-state index contributed by atoms with van der Waals surface area (Å²) in [6.45, 7) is 2.61. The molecule has 0 N–H and O–H groups in total. The molecule has 0 aliphatic heterocycles. The number of aromatic nitrogens is 5. The van der Waals surface area contributed by atoms with Crippen LogP contribution in [-0.4, -0.2) is 39.1 Å². The van der Waals surface area contributed by atoms with Crippen LogP contribution in [0.2, 0.25) is 5.02 Å². The summed E-state index contributed by atoms with van der Waals surface area (Å²) in [6.07, 6.45) is 3.62. The number of rotatable bonds is 6. The zero-order valence-electron chi connectivity index (χ0n) is 13.5. The van der Waals surface area contributed by atoms with E-state index in [2.05, 4.69) is 20.2 Å². The summed E-state index contributed by atoms with van der Waals surface area (Å²) < 4.78 is 17.5. The average Bonchev–Trinajstić information content (AvgIpc) is 3.21. The molecule has 0 aliphatic carbocycles. The highest BCUT2D eigenvalue weighted by Gasteiger charge is 2.19. The largest absolute Gasteiger partial charge is 0.496 e. The summed E-state index contributed by atoms with van der Waals surface area (Å²) in [4.78, 5) is 8.57. The van der Waals surface area contributed by atoms with Crippen molar-refractivity contribution in [2.75, 3.05) is 14.2 Å². The van der Waals surface area contributed by atoms with E-state index in [4.69, 9.17) is 25.6 Å². The maximum Gasteiger partial charge on any atom is 0.277 e. The fraction of sp³-hybridized carbons (Fsp3) is 0.333. The quantitative estimate of drug-likeness (QED) is 0.675. The van der Waals surface area contributed by atoms with Gasteiger partial charge in [-0.05, 0) is 6.92 Å². The zero-order chi connectivity index (χ0) is 17.1. The monoisotopic (exact) mass is 349 g/mol. The normalized spacial score (nSPS) is 10.8. The van der Waals surface area contributed by atoms with Gasteiger partial charge in [0, 0.05) is 30.8 Å². The van der Waals surface area contributed by atoms with Crippen molar-refractivity contribution in [1.29, 1.82) is 0 Å². The van der Waals surface area contributed by atoms with Gasteiger partial charge < -0.3 is 14.0 Å². The molecule has 0 bridgehead atoms. The molecular weight excluding hydrogens is 334 g/mol. The van der Waals surface area contributed by atoms with E-state index in [0.717, 1.165) is 5.56 Å². The lowest BCUT2D eigenvalue weighted by atomic mass is 10.2. The number of methoxy groups -OCH3 is 2. The molecule has 0 amide bonds. The van der Waals surface area contributed by atoms with Crippen molar-refractivity contribution in [2.45, 2.75) is 19.9 Å².